The Kier molecular flexibility index (Phi) is 7.98. The number of nitrogens with one attached hydrogen (secondary N) is 1. The number of ether oxygens (including phenoxy) is 3. The SMILES string of the molecule is COc1ncc(-c2ccc3ncc(OCCN4CCOCC4)c(=O)n3c2)cc1S(=O)Nc1sc(C)nc1C. The van der Waals surface area contributed by atoms with Crippen LogP contribution < -0.4 is 19.8 Å². The number of methoxy groups -OCH3 is 1. The van der Waals surface area contributed by atoms with Crippen LogP contribution in [0.15, 0.2) is 46.5 Å². The molecule has 1 aliphatic heterocycles. The summed E-state index contributed by atoms with van der Waals surface area (Å²) in [5, 5.41) is 1.60. The molecule has 0 aliphatic carbocycles. The number of aryl methyl sites for hydroxylation is 2. The molecule has 0 amide bonds. The van der Waals surface area contributed by atoms with Crippen molar-refractivity contribution in [2.24, 2.45) is 0 Å². The molecule has 5 heterocycles. The van der Waals surface area contributed by atoms with Crippen LogP contribution in [0, 0.1) is 13.8 Å². The summed E-state index contributed by atoms with van der Waals surface area (Å²) in [6, 6.07) is 5.32. The van der Waals surface area contributed by atoms with Gasteiger partial charge in [-0.3, -0.25) is 18.8 Å². The zero-order chi connectivity index (χ0) is 26.6. The molecule has 200 valence electrons. The number of aromatic nitrogens is 4. The van der Waals surface area contributed by atoms with Crippen molar-refractivity contribution in [1.29, 1.82) is 0 Å². The first-order valence-electron chi connectivity index (χ1n) is 12.0. The molecule has 11 nitrogen and oxygen atoms in total. The molecule has 1 unspecified atom stereocenters. The van der Waals surface area contributed by atoms with Gasteiger partial charge < -0.3 is 14.2 Å². The van der Waals surface area contributed by atoms with Crippen LogP contribution in [0.3, 0.4) is 0 Å². The Bertz CT molecular complexity index is 1530. The van der Waals surface area contributed by atoms with Gasteiger partial charge in [0.1, 0.15) is 22.2 Å². The van der Waals surface area contributed by atoms with Crippen molar-refractivity contribution in [3.63, 3.8) is 0 Å². The molecular formula is C25H28N6O5S2. The van der Waals surface area contributed by atoms with Crippen LogP contribution >= 0.6 is 11.3 Å². The van der Waals surface area contributed by atoms with E-state index in [1.165, 1.54) is 29.0 Å². The minimum Gasteiger partial charge on any atom is -0.485 e. The highest BCUT2D eigenvalue weighted by Gasteiger charge is 2.18. The fraction of sp³-hybridized carbons (Fsp3) is 0.360. The van der Waals surface area contributed by atoms with Gasteiger partial charge in [0.2, 0.25) is 11.6 Å². The average molecular weight is 557 g/mol. The smallest absolute Gasteiger partial charge is 0.300 e. The predicted octanol–water partition coefficient (Wildman–Crippen LogP) is 2.68. The fourth-order valence-electron chi connectivity index (χ4n) is 4.08. The van der Waals surface area contributed by atoms with E-state index in [0.29, 0.717) is 48.0 Å². The van der Waals surface area contributed by atoms with Crippen molar-refractivity contribution in [2.75, 3.05) is 51.3 Å². The highest BCUT2D eigenvalue weighted by atomic mass is 32.2. The second-order valence-corrected chi connectivity index (χ2v) is 11.0. The molecule has 0 aromatic carbocycles. The lowest BCUT2D eigenvalue weighted by atomic mass is 10.1. The summed E-state index contributed by atoms with van der Waals surface area (Å²) < 4.78 is 34.2. The number of thiazole rings is 1. The molecule has 13 heteroatoms. The number of morpholine rings is 1. The highest BCUT2D eigenvalue weighted by Crippen LogP contribution is 2.30. The third-order valence-electron chi connectivity index (χ3n) is 6.07. The summed E-state index contributed by atoms with van der Waals surface area (Å²) in [7, 11) is -0.169. The molecule has 4 aromatic rings. The summed E-state index contributed by atoms with van der Waals surface area (Å²) in [5.41, 5.74) is 2.32. The standard InChI is InChI=1S/C25H28N6O5S2/c1-16-24(37-17(2)28-16)29-38(33)21-12-19(13-27-23(21)34-3)18-4-5-22-26-14-20(25(32)31(22)15-18)36-11-8-30-6-9-35-10-7-30/h4-5,12-15,29H,6-11H2,1-3H3. The van der Waals surface area contributed by atoms with Crippen molar-refractivity contribution in [3.8, 4) is 22.8 Å². The Labute approximate surface area is 226 Å². The van der Waals surface area contributed by atoms with Gasteiger partial charge in [0.05, 0.1) is 37.2 Å². The number of rotatable bonds is 9. The molecule has 1 saturated heterocycles. The summed E-state index contributed by atoms with van der Waals surface area (Å²) >= 11 is 1.43. The maximum absolute atomic E-state index is 13.2. The second kappa shape index (κ2) is 11.6. The number of hydrogen-bond acceptors (Lipinski definition) is 10. The lowest BCUT2D eigenvalue weighted by molar-refractivity contribution is 0.0321. The van der Waals surface area contributed by atoms with E-state index in [-0.39, 0.29) is 17.2 Å². The van der Waals surface area contributed by atoms with Crippen molar-refractivity contribution in [1.82, 2.24) is 24.3 Å². The Balaban J connectivity index is 1.40. The Hall–Kier alpha value is -3.39. The third-order valence-corrected chi connectivity index (χ3v) is 8.27. The normalized spacial score (nSPS) is 14.9. The fourth-order valence-corrected chi connectivity index (χ4v) is 6.10. The number of pyridine rings is 2. The van der Waals surface area contributed by atoms with Crippen LogP contribution in [-0.2, 0) is 15.7 Å². The molecule has 1 aliphatic rings. The van der Waals surface area contributed by atoms with Gasteiger partial charge in [-0.2, -0.15) is 0 Å². The summed E-state index contributed by atoms with van der Waals surface area (Å²) in [6.07, 6.45) is 4.76. The van der Waals surface area contributed by atoms with E-state index < -0.39 is 11.0 Å². The molecule has 1 atom stereocenters. The Morgan fingerprint density at radius 3 is 2.71 bits per heavy atom. The molecule has 0 saturated carbocycles. The first kappa shape index (κ1) is 26.2. The van der Waals surface area contributed by atoms with Crippen LogP contribution in [0.25, 0.3) is 16.8 Å². The molecule has 0 radical (unpaired) electrons. The van der Waals surface area contributed by atoms with Gasteiger partial charge in [-0.1, -0.05) is 0 Å². The molecule has 1 N–H and O–H groups in total. The lowest BCUT2D eigenvalue weighted by Crippen LogP contribution is -2.38. The van der Waals surface area contributed by atoms with E-state index in [9.17, 15) is 9.00 Å². The quantitative estimate of drug-likeness (QED) is 0.332. The minimum atomic E-state index is -1.65. The Morgan fingerprint density at radius 2 is 1.97 bits per heavy atom. The van der Waals surface area contributed by atoms with Crippen molar-refractivity contribution < 1.29 is 18.4 Å². The highest BCUT2D eigenvalue weighted by molar-refractivity contribution is 7.86. The lowest BCUT2D eigenvalue weighted by Gasteiger charge is -2.26. The maximum Gasteiger partial charge on any atom is 0.300 e. The predicted molar refractivity (Wildman–Crippen MR) is 146 cm³/mol. The first-order valence-corrected chi connectivity index (χ1v) is 14.0. The zero-order valence-corrected chi connectivity index (χ0v) is 22.9. The van der Waals surface area contributed by atoms with E-state index in [2.05, 4.69) is 24.6 Å². The van der Waals surface area contributed by atoms with Gasteiger partial charge in [0.25, 0.3) is 5.56 Å². The average Bonchev–Trinajstić information content (AvgIpc) is 3.25. The molecule has 0 spiro atoms. The molecule has 0 bridgehead atoms. The topological polar surface area (TPSA) is 120 Å². The van der Waals surface area contributed by atoms with E-state index in [1.807, 2.05) is 19.9 Å². The molecule has 1 fully saturated rings. The molecule has 4 aromatic heterocycles. The van der Waals surface area contributed by atoms with Gasteiger partial charge in [-0.05, 0) is 32.0 Å². The van der Waals surface area contributed by atoms with Gasteiger partial charge in [0.15, 0.2) is 11.0 Å². The van der Waals surface area contributed by atoms with Gasteiger partial charge in [0, 0.05) is 43.2 Å². The second-order valence-electron chi connectivity index (χ2n) is 8.63. The number of anilines is 1. The van der Waals surface area contributed by atoms with Gasteiger partial charge in [-0.25, -0.2) is 19.2 Å². The van der Waals surface area contributed by atoms with Crippen molar-refractivity contribution in [2.45, 2.75) is 18.7 Å². The van der Waals surface area contributed by atoms with Crippen molar-refractivity contribution >= 4 is 33.0 Å². The number of hydrogen-bond donors (Lipinski definition) is 1. The monoisotopic (exact) mass is 556 g/mol. The van der Waals surface area contributed by atoms with Crippen LogP contribution in [0.5, 0.6) is 11.6 Å². The van der Waals surface area contributed by atoms with E-state index >= 15 is 0 Å². The zero-order valence-electron chi connectivity index (χ0n) is 21.3. The summed E-state index contributed by atoms with van der Waals surface area (Å²) in [6.45, 7) is 7.95. The van der Waals surface area contributed by atoms with Crippen LogP contribution in [-0.4, -0.2) is 75.0 Å². The van der Waals surface area contributed by atoms with Crippen molar-refractivity contribution in [3.05, 3.63) is 57.8 Å². The number of fused-ring (bicyclic) bond motifs is 1. The van der Waals surface area contributed by atoms with Crippen LogP contribution in [0.4, 0.5) is 5.00 Å². The van der Waals surface area contributed by atoms with Gasteiger partial charge >= 0.3 is 0 Å². The van der Waals surface area contributed by atoms with E-state index in [0.717, 1.165) is 28.8 Å². The first-order chi connectivity index (χ1) is 18.4. The third kappa shape index (κ3) is 5.70. The summed E-state index contributed by atoms with van der Waals surface area (Å²) in [4.78, 5) is 28.9. The molecule has 38 heavy (non-hydrogen) atoms. The van der Waals surface area contributed by atoms with Gasteiger partial charge in [-0.15, -0.1) is 11.3 Å². The maximum atomic E-state index is 13.2. The van der Waals surface area contributed by atoms with E-state index in [4.69, 9.17) is 14.2 Å². The number of nitrogens with zero attached hydrogens (tertiary/aromatic N) is 5. The summed E-state index contributed by atoms with van der Waals surface area (Å²) in [5.74, 6) is 0.427. The van der Waals surface area contributed by atoms with Crippen LogP contribution in [0.2, 0.25) is 0 Å². The molecular weight excluding hydrogens is 528 g/mol. The van der Waals surface area contributed by atoms with Crippen LogP contribution in [0.1, 0.15) is 10.7 Å². The largest absolute Gasteiger partial charge is 0.485 e. The Morgan fingerprint density at radius 1 is 1.16 bits per heavy atom. The molecule has 5 rings (SSSR count). The minimum absolute atomic E-state index is 0.182. The van der Waals surface area contributed by atoms with E-state index in [1.54, 1.807) is 24.5 Å².